The Morgan fingerprint density at radius 1 is 0.900 bits per heavy atom. The van der Waals surface area contributed by atoms with Crippen molar-refractivity contribution in [2.75, 3.05) is 19.6 Å². The van der Waals surface area contributed by atoms with Gasteiger partial charge in [0.05, 0.1) is 19.6 Å². The van der Waals surface area contributed by atoms with Crippen molar-refractivity contribution in [3.8, 4) is 0 Å². The Hall–Kier alpha value is -0.160. The maximum atomic E-state index is 11.1. The van der Waals surface area contributed by atoms with E-state index in [9.17, 15) is 5.21 Å². The van der Waals surface area contributed by atoms with Gasteiger partial charge in [-0.2, -0.15) is 0 Å². The van der Waals surface area contributed by atoms with Gasteiger partial charge in [0, 0.05) is 0 Å². The van der Waals surface area contributed by atoms with Gasteiger partial charge in [-0.25, -0.2) is 0 Å². The lowest BCUT2D eigenvalue weighted by Crippen LogP contribution is -2.41. The van der Waals surface area contributed by atoms with Crippen molar-refractivity contribution in [1.82, 2.24) is 0 Å². The van der Waals surface area contributed by atoms with Gasteiger partial charge in [0.15, 0.2) is 0 Å². The zero-order valence-corrected chi connectivity index (χ0v) is 6.98. The summed E-state index contributed by atoms with van der Waals surface area (Å²) in [7, 11) is 0. The van der Waals surface area contributed by atoms with Crippen LogP contribution in [0.3, 0.4) is 0 Å². The smallest absolute Gasteiger partial charge is 0.0755 e. The van der Waals surface area contributed by atoms with Gasteiger partial charge >= 0.3 is 0 Å². The van der Waals surface area contributed by atoms with Crippen molar-refractivity contribution in [1.29, 1.82) is 0 Å². The average molecular weight is 153 g/mol. The number of nitrogens with zero attached hydrogens (tertiary/aromatic N) is 1. The van der Waals surface area contributed by atoms with Crippen LogP contribution in [0.5, 0.6) is 0 Å². The normalized spacial score (nSPS) is 9.60. The molecule has 4 nitrogen and oxygen atoms in total. The zero-order chi connectivity index (χ0) is 6.62. The van der Waals surface area contributed by atoms with Crippen LogP contribution < -0.4 is 0 Å². The monoisotopic (exact) mass is 153 g/mol. The largest absolute Gasteiger partial charge is 0.633 e. The van der Waals surface area contributed by atoms with E-state index >= 15 is 0 Å². The second-order valence-corrected chi connectivity index (χ2v) is 2.01. The van der Waals surface area contributed by atoms with Gasteiger partial charge in [-0.05, 0) is 20.8 Å². The molecule has 0 aromatic carbocycles. The lowest BCUT2D eigenvalue weighted by molar-refractivity contribution is -0.875. The standard InChI is InChI=1S/C6H15NO.2H2O/c1-4-7(8,5-2)6-3;;/h4-6H2,1-3H3;2*1H2. The minimum absolute atomic E-state index is 0. The summed E-state index contributed by atoms with van der Waals surface area (Å²) in [4.78, 5) is 0. The van der Waals surface area contributed by atoms with Crippen molar-refractivity contribution in [3.63, 3.8) is 0 Å². The Kier molecular flexibility index (Phi) is 11.4. The highest BCUT2D eigenvalue weighted by molar-refractivity contribution is 4.31. The molecule has 0 aromatic heterocycles. The predicted molar refractivity (Wildman–Crippen MR) is 42.5 cm³/mol. The van der Waals surface area contributed by atoms with E-state index in [0.717, 1.165) is 0 Å². The SMILES string of the molecule is CC[N+]([O-])(CC)CC.O.O. The Balaban J connectivity index is -0.000000245. The summed E-state index contributed by atoms with van der Waals surface area (Å²) < 4.78 is -0.0417. The van der Waals surface area contributed by atoms with E-state index < -0.39 is 0 Å². The zero-order valence-electron chi connectivity index (χ0n) is 6.98. The van der Waals surface area contributed by atoms with Crippen molar-refractivity contribution in [3.05, 3.63) is 5.21 Å². The molecule has 0 atom stereocenters. The molecule has 0 bridgehead atoms. The van der Waals surface area contributed by atoms with E-state index in [1.807, 2.05) is 20.8 Å². The van der Waals surface area contributed by atoms with Crippen LogP contribution in [0, 0.1) is 5.21 Å². The quantitative estimate of drug-likeness (QED) is 0.405. The van der Waals surface area contributed by atoms with Gasteiger partial charge < -0.3 is 20.8 Å². The molecule has 10 heavy (non-hydrogen) atoms. The van der Waals surface area contributed by atoms with Gasteiger partial charge in [-0.15, -0.1) is 0 Å². The number of hydrogen-bond donors (Lipinski definition) is 0. The third-order valence-electron chi connectivity index (χ3n) is 1.73. The number of hydroxylamine groups is 3. The average Bonchev–Trinajstić information content (AvgIpc) is 1.87. The van der Waals surface area contributed by atoms with E-state index in [-0.39, 0.29) is 15.6 Å². The molecule has 0 amide bonds. The van der Waals surface area contributed by atoms with E-state index in [2.05, 4.69) is 0 Å². The molecule has 4 N–H and O–H groups in total. The molecule has 0 spiro atoms. The highest BCUT2D eigenvalue weighted by Gasteiger charge is 2.04. The van der Waals surface area contributed by atoms with Crippen molar-refractivity contribution in [2.24, 2.45) is 0 Å². The summed E-state index contributed by atoms with van der Waals surface area (Å²) in [5.41, 5.74) is 0. The van der Waals surface area contributed by atoms with Crippen molar-refractivity contribution < 1.29 is 15.6 Å². The van der Waals surface area contributed by atoms with Crippen molar-refractivity contribution in [2.45, 2.75) is 20.8 Å². The van der Waals surface area contributed by atoms with Gasteiger partial charge in [-0.1, -0.05) is 0 Å². The summed E-state index contributed by atoms with van der Waals surface area (Å²) in [5.74, 6) is 0. The van der Waals surface area contributed by atoms with Crippen LogP contribution >= 0.6 is 0 Å². The molecule has 0 radical (unpaired) electrons. The van der Waals surface area contributed by atoms with Gasteiger partial charge in [0.1, 0.15) is 0 Å². The molecule has 4 heteroatoms. The van der Waals surface area contributed by atoms with Crippen LogP contribution in [0.1, 0.15) is 20.8 Å². The molecule has 0 aliphatic rings. The van der Waals surface area contributed by atoms with E-state index in [1.54, 1.807) is 0 Å². The topological polar surface area (TPSA) is 86.1 Å². The van der Waals surface area contributed by atoms with Crippen molar-refractivity contribution >= 4 is 0 Å². The first-order valence-corrected chi connectivity index (χ1v) is 3.25. The summed E-state index contributed by atoms with van der Waals surface area (Å²) >= 11 is 0. The van der Waals surface area contributed by atoms with Crippen LogP contribution in [0.4, 0.5) is 0 Å². The van der Waals surface area contributed by atoms with Gasteiger partial charge in [-0.3, -0.25) is 0 Å². The Labute approximate surface area is 62.2 Å². The Morgan fingerprint density at radius 2 is 1.10 bits per heavy atom. The second kappa shape index (κ2) is 6.95. The van der Waals surface area contributed by atoms with E-state index in [0.29, 0.717) is 19.6 Å². The minimum atomic E-state index is -0.0417. The minimum Gasteiger partial charge on any atom is -0.633 e. The maximum absolute atomic E-state index is 11.1. The first-order chi connectivity index (χ1) is 3.68. The molecular formula is C6H19NO3. The highest BCUT2D eigenvalue weighted by atomic mass is 16.5. The van der Waals surface area contributed by atoms with Gasteiger partial charge in [0.2, 0.25) is 0 Å². The molecule has 0 heterocycles. The second-order valence-electron chi connectivity index (χ2n) is 2.01. The first kappa shape index (κ1) is 16.4. The Morgan fingerprint density at radius 3 is 1.10 bits per heavy atom. The number of rotatable bonds is 3. The summed E-state index contributed by atoms with van der Waals surface area (Å²) in [5, 5.41) is 11.1. The molecule has 0 fully saturated rings. The summed E-state index contributed by atoms with van der Waals surface area (Å²) in [6.45, 7) is 7.90. The third kappa shape index (κ3) is 4.69. The first-order valence-electron chi connectivity index (χ1n) is 3.25. The molecule has 0 saturated carbocycles. The maximum Gasteiger partial charge on any atom is 0.0755 e. The lowest BCUT2D eigenvalue weighted by atomic mass is 10.5. The molecular weight excluding hydrogens is 134 g/mol. The summed E-state index contributed by atoms with van der Waals surface area (Å²) in [6, 6.07) is 0. The summed E-state index contributed by atoms with van der Waals surface area (Å²) in [6.07, 6.45) is 0. The molecule has 0 saturated heterocycles. The molecule has 0 aliphatic carbocycles. The molecule has 0 aliphatic heterocycles. The fourth-order valence-electron chi connectivity index (χ4n) is 0.671. The predicted octanol–water partition coefficient (Wildman–Crippen LogP) is -0.289. The fourth-order valence-corrected chi connectivity index (χ4v) is 0.671. The highest BCUT2D eigenvalue weighted by Crippen LogP contribution is 1.99. The Bertz CT molecular complexity index is 55.7. The van der Waals surface area contributed by atoms with Gasteiger partial charge in [0.25, 0.3) is 0 Å². The number of quaternary nitrogens is 1. The number of hydrogen-bond acceptors (Lipinski definition) is 1. The van der Waals surface area contributed by atoms with Crippen LogP contribution in [0.2, 0.25) is 0 Å². The van der Waals surface area contributed by atoms with Crippen LogP contribution in [0.15, 0.2) is 0 Å². The third-order valence-corrected chi connectivity index (χ3v) is 1.73. The molecule has 0 unspecified atom stereocenters. The van der Waals surface area contributed by atoms with Crippen LogP contribution in [-0.2, 0) is 0 Å². The molecule has 0 rings (SSSR count). The lowest BCUT2D eigenvalue weighted by Gasteiger charge is -2.39. The molecule has 66 valence electrons. The van der Waals surface area contributed by atoms with Crippen LogP contribution in [-0.4, -0.2) is 35.2 Å². The van der Waals surface area contributed by atoms with Crippen LogP contribution in [0.25, 0.3) is 0 Å². The fraction of sp³-hybridized carbons (Fsp3) is 1.00. The van der Waals surface area contributed by atoms with E-state index in [1.165, 1.54) is 0 Å². The van der Waals surface area contributed by atoms with E-state index in [4.69, 9.17) is 0 Å². The molecule has 0 aromatic rings.